The van der Waals surface area contributed by atoms with Gasteiger partial charge >= 0.3 is 5.97 Å². The molecule has 0 bridgehead atoms. The van der Waals surface area contributed by atoms with Crippen molar-refractivity contribution in [1.82, 2.24) is 10.2 Å². The first-order chi connectivity index (χ1) is 18.4. The van der Waals surface area contributed by atoms with Crippen LogP contribution in [0.4, 0.5) is 5.69 Å². The molecule has 0 radical (unpaired) electrons. The first kappa shape index (κ1) is 26.9. The molecule has 0 aliphatic carbocycles. The van der Waals surface area contributed by atoms with Gasteiger partial charge in [0.15, 0.2) is 17.4 Å². The Kier molecular flexibility index (Phi) is 8.45. The van der Waals surface area contributed by atoms with Crippen LogP contribution in [0.5, 0.6) is 23.0 Å². The highest BCUT2D eigenvalue weighted by atomic mass is 16.5. The zero-order valence-electron chi connectivity index (χ0n) is 22.4. The molecule has 0 aromatic heterocycles. The number of hydrogen-bond acceptors (Lipinski definition) is 10. The fourth-order valence-corrected chi connectivity index (χ4v) is 4.72. The summed E-state index contributed by atoms with van der Waals surface area (Å²) in [4.78, 5) is 35.3. The summed E-state index contributed by atoms with van der Waals surface area (Å²) in [5, 5.41) is 2.84. The van der Waals surface area contributed by atoms with Gasteiger partial charge in [-0.05, 0) is 36.8 Å². The van der Waals surface area contributed by atoms with Gasteiger partial charge in [-0.15, -0.1) is 0 Å². The summed E-state index contributed by atoms with van der Waals surface area (Å²) in [5.74, 6) is 0.144. The Morgan fingerprint density at radius 3 is 2.18 bits per heavy atom. The van der Waals surface area contributed by atoms with Gasteiger partial charge in [-0.25, -0.2) is 4.99 Å². The second kappa shape index (κ2) is 11.9. The van der Waals surface area contributed by atoms with Crippen LogP contribution in [0.1, 0.15) is 18.5 Å². The zero-order valence-corrected chi connectivity index (χ0v) is 22.4. The number of anilines is 1. The first-order valence-electron chi connectivity index (χ1n) is 12.4. The second-order valence-corrected chi connectivity index (χ2v) is 8.75. The van der Waals surface area contributed by atoms with Crippen molar-refractivity contribution >= 4 is 23.5 Å². The maximum Gasteiger partial charge on any atom is 0.321 e. The number of methoxy groups -OCH3 is 4. The van der Waals surface area contributed by atoms with Crippen LogP contribution < -0.4 is 29.2 Å². The van der Waals surface area contributed by atoms with E-state index in [0.717, 1.165) is 24.5 Å². The molecule has 11 nitrogen and oxygen atoms in total. The molecule has 11 heteroatoms. The number of amides is 1. The fourth-order valence-electron chi connectivity index (χ4n) is 4.72. The largest absolute Gasteiger partial charge is 0.497 e. The molecule has 1 amide bonds. The van der Waals surface area contributed by atoms with E-state index in [9.17, 15) is 9.59 Å². The third kappa shape index (κ3) is 5.41. The van der Waals surface area contributed by atoms with E-state index >= 15 is 0 Å². The van der Waals surface area contributed by atoms with Crippen LogP contribution in [0.25, 0.3) is 0 Å². The molecule has 1 saturated heterocycles. The molecule has 2 aliphatic heterocycles. The third-order valence-corrected chi connectivity index (χ3v) is 6.66. The van der Waals surface area contributed by atoms with Gasteiger partial charge in [0, 0.05) is 37.9 Å². The number of nitrogens with zero attached hydrogens (tertiary/aromatic N) is 3. The van der Waals surface area contributed by atoms with Gasteiger partial charge in [-0.3, -0.25) is 14.9 Å². The standard InChI is InChI=1S/C27H34N4O7/c1-6-38-26(33)22-23(17-14-20(35-3)24(37-5)21(15-17)36-4)28-27(29-25(22)32)31-12-10-30(11-13-31)18-8-7-9-19(16-18)34-2/h7-9,14-16,22-23H,6,10-13H2,1-5H3,(H,28,29,32)/t22-,23-/m1/s1. The van der Waals surface area contributed by atoms with Crippen LogP contribution in [0.15, 0.2) is 41.4 Å². The third-order valence-electron chi connectivity index (χ3n) is 6.66. The van der Waals surface area contributed by atoms with E-state index < -0.39 is 23.8 Å². The predicted octanol–water partition coefficient (Wildman–Crippen LogP) is 2.25. The Labute approximate surface area is 222 Å². The number of guanidine groups is 1. The van der Waals surface area contributed by atoms with E-state index in [1.165, 1.54) is 21.3 Å². The highest BCUT2D eigenvalue weighted by Crippen LogP contribution is 2.42. The minimum absolute atomic E-state index is 0.146. The molecule has 2 atom stereocenters. The van der Waals surface area contributed by atoms with E-state index in [1.54, 1.807) is 26.2 Å². The van der Waals surface area contributed by atoms with Gasteiger partial charge in [-0.1, -0.05) is 6.07 Å². The van der Waals surface area contributed by atoms with Crippen molar-refractivity contribution in [2.75, 3.05) is 66.1 Å². The van der Waals surface area contributed by atoms with E-state index in [1.807, 2.05) is 29.2 Å². The number of piperazine rings is 1. The minimum Gasteiger partial charge on any atom is -0.497 e. The van der Waals surface area contributed by atoms with Crippen molar-refractivity contribution in [2.24, 2.45) is 10.9 Å². The lowest BCUT2D eigenvalue weighted by Crippen LogP contribution is -2.57. The van der Waals surface area contributed by atoms with Crippen LogP contribution in [0, 0.1) is 5.92 Å². The van der Waals surface area contributed by atoms with Crippen LogP contribution in [-0.4, -0.2) is 84.0 Å². The Hall–Kier alpha value is -4.15. The lowest BCUT2D eigenvalue weighted by atomic mass is 9.90. The highest BCUT2D eigenvalue weighted by Gasteiger charge is 2.43. The molecule has 4 rings (SSSR count). The monoisotopic (exact) mass is 526 g/mol. The Morgan fingerprint density at radius 1 is 0.947 bits per heavy atom. The number of nitrogens with one attached hydrogen (secondary N) is 1. The summed E-state index contributed by atoms with van der Waals surface area (Å²) in [6, 6.07) is 10.5. The molecule has 204 valence electrons. The average Bonchev–Trinajstić information content (AvgIpc) is 2.96. The number of carbonyl (C=O) groups is 2. The van der Waals surface area contributed by atoms with E-state index in [-0.39, 0.29) is 6.61 Å². The Bertz CT molecular complexity index is 1170. The minimum atomic E-state index is -1.17. The van der Waals surface area contributed by atoms with Gasteiger partial charge in [0.1, 0.15) is 11.8 Å². The smallest absolute Gasteiger partial charge is 0.321 e. The number of aliphatic imine (C=N–C) groups is 1. The number of carbonyl (C=O) groups excluding carboxylic acids is 2. The Morgan fingerprint density at radius 2 is 1.61 bits per heavy atom. The molecular formula is C27H34N4O7. The van der Waals surface area contributed by atoms with Crippen molar-refractivity contribution in [2.45, 2.75) is 13.0 Å². The fraction of sp³-hybridized carbons (Fsp3) is 0.444. The molecule has 38 heavy (non-hydrogen) atoms. The number of esters is 1. The quantitative estimate of drug-likeness (QED) is 0.409. The molecule has 1 fully saturated rings. The van der Waals surface area contributed by atoms with E-state index in [0.29, 0.717) is 41.9 Å². The normalized spacial score (nSPS) is 19.3. The molecule has 2 aliphatic rings. The lowest BCUT2D eigenvalue weighted by Gasteiger charge is -2.39. The van der Waals surface area contributed by atoms with Crippen molar-refractivity contribution in [1.29, 1.82) is 0 Å². The summed E-state index contributed by atoms with van der Waals surface area (Å²) in [7, 11) is 6.17. The van der Waals surface area contributed by atoms with Crippen LogP contribution in [-0.2, 0) is 14.3 Å². The number of benzene rings is 2. The first-order valence-corrected chi connectivity index (χ1v) is 12.4. The topological polar surface area (TPSA) is 111 Å². The van der Waals surface area contributed by atoms with Gasteiger partial charge in [0.25, 0.3) is 0 Å². The summed E-state index contributed by atoms with van der Waals surface area (Å²) in [5.41, 5.74) is 1.64. The van der Waals surface area contributed by atoms with Crippen LogP contribution >= 0.6 is 0 Å². The molecule has 1 N–H and O–H groups in total. The van der Waals surface area contributed by atoms with Crippen molar-refractivity contribution in [3.8, 4) is 23.0 Å². The molecule has 0 saturated carbocycles. The van der Waals surface area contributed by atoms with Crippen molar-refractivity contribution in [3.63, 3.8) is 0 Å². The van der Waals surface area contributed by atoms with E-state index in [2.05, 4.69) is 10.2 Å². The summed E-state index contributed by atoms with van der Waals surface area (Å²) >= 11 is 0. The summed E-state index contributed by atoms with van der Waals surface area (Å²) in [6.07, 6.45) is 0. The van der Waals surface area contributed by atoms with E-state index in [4.69, 9.17) is 28.7 Å². The van der Waals surface area contributed by atoms with Gasteiger partial charge < -0.3 is 33.5 Å². The van der Waals surface area contributed by atoms with Crippen molar-refractivity contribution in [3.05, 3.63) is 42.0 Å². The average molecular weight is 527 g/mol. The SMILES string of the molecule is CCOC(=O)[C@H]1C(=O)NC(N2CCN(c3cccc(OC)c3)CC2)=N[C@@H]1c1cc(OC)c(OC)c(OC)c1. The molecule has 2 heterocycles. The molecular weight excluding hydrogens is 492 g/mol. The maximum absolute atomic E-state index is 13.3. The molecule has 2 aromatic carbocycles. The Balaban J connectivity index is 1.64. The summed E-state index contributed by atoms with van der Waals surface area (Å²) in [6.45, 7) is 4.54. The van der Waals surface area contributed by atoms with Crippen molar-refractivity contribution < 1.29 is 33.3 Å². The number of rotatable bonds is 8. The second-order valence-electron chi connectivity index (χ2n) is 8.75. The molecule has 2 aromatic rings. The number of ether oxygens (including phenoxy) is 5. The van der Waals surface area contributed by atoms with Gasteiger partial charge in [0.05, 0.1) is 35.0 Å². The highest BCUT2D eigenvalue weighted by molar-refractivity contribution is 6.08. The van der Waals surface area contributed by atoms with Gasteiger partial charge in [-0.2, -0.15) is 0 Å². The van der Waals surface area contributed by atoms with Crippen LogP contribution in [0.3, 0.4) is 0 Å². The van der Waals surface area contributed by atoms with Crippen LogP contribution in [0.2, 0.25) is 0 Å². The van der Waals surface area contributed by atoms with Gasteiger partial charge in [0.2, 0.25) is 17.6 Å². The lowest BCUT2D eigenvalue weighted by molar-refractivity contribution is -0.153. The predicted molar refractivity (Wildman–Crippen MR) is 141 cm³/mol. The maximum atomic E-state index is 13.3. The molecule has 0 unspecified atom stereocenters. The number of hydrogen-bond donors (Lipinski definition) is 1. The zero-order chi connectivity index (χ0) is 27.2. The molecule has 0 spiro atoms. The summed E-state index contributed by atoms with van der Waals surface area (Å²) < 4.78 is 27.0.